The number of carbonyl (C=O) groups is 1. The average Bonchev–Trinajstić information content (AvgIpc) is 2.48. The first kappa shape index (κ1) is 14.4. The molecule has 0 aliphatic rings. The predicted molar refractivity (Wildman–Crippen MR) is 84.4 cm³/mol. The van der Waals surface area contributed by atoms with E-state index in [4.69, 9.17) is 11.6 Å². The van der Waals surface area contributed by atoms with E-state index in [1.54, 1.807) is 0 Å². The monoisotopic (exact) mass is 288 g/mol. The maximum Gasteiger partial charge on any atom is 0.246 e. The summed E-state index contributed by atoms with van der Waals surface area (Å²) in [6.45, 7) is 0. The van der Waals surface area contributed by atoms with E-state index in [1.165, 1.54) is 0 Å². The van der Waals surface area contributed by atoms with E-state index in [0.29, 0.717) is 0 Å². The van der Waals surface area contributed by atoms with Gasteiger partial charge in [0.05, 0.1) is 0 Å². The van der Waals surface area contributed by atoms with Crippen LogP contribution in [0.15, 0.2) is 54.6 Å². The van der Waals surface area contributed by atoms with Crippen LogP contribution in [0.4, 0.5) is 11.4 Å². The number of carbonyl (C=O) groups excluding carboxylic acids is 1. The van der Waals surface area contributed by atoms with E-state index in [2.05, 4.69) is 5.32 Å². The van der Waals surface area contributed by atoms with Crippen LogP contribution in [0.25, 0.3) is 0 Å². The summed E-state index contributed by atoms with van der Waals surface area (Å²) >= 11 is 6.17. The van der Waals surface area contributed by atoms with E-state index in [9.17, 15) is 4.79 Å². The SMILES string of the molecule is CN(C)c1ccc(NC(=O)C(Cl)c2ccccc2)cc1. The number of nitrogens with zero attached hydrogens (tertiary/aromatic N) is 1. The molecular formula is C16H17ClN2O. The molecule has 0 fully saturated rings. The molecule has 20 heavy (non-hydrogen) atoms. The van der Waals surface area contributed by atoms with Crippen LogP contribution in [0.5, 0.6) is 0 Å². The zero-order valence-corrected chi connectivity index (χ0v) is 12.3. The molecule has 104 valence electrons. The number of nitrogens with one attached hydrogen (secondary N) is 1. The third-order valence-electron chi connectivity index (χ3n) is 2.97. The minimum atomic E-state index is -0.690. The summed E-state index contributed by atoms with van der Waals surface area (Å²) in [6, 6.07) is 16.9. The molecule has 0 heterocycles. The lowest BCUT2D eigenvalue weighted by molar-refractivity contribution is -0.116. The first-order valence-electron chi connectivity index (χ1n) is 6.35. The van der Waals surface area contributed by atoms with Crippen molar-refractivity contribution < 1.29 is 4.79 Å². The molecular weight excluding hydrogens is 272 g/mol. The zero-order valence-electron chi connectivity index (χ0n) is 11.5. The summed E-state index contributed by atoms with van der Waals surface area (Å²) < 4.78 is 0. The van der Waals surface area contributed by atoms with Crippen LogP contribution in [0.1, 0.15) is 10.9 Å². The van der Waals surface area contributed by atoms with Crippen molar-refractivity contribution in [2.75, 3.05) is 24.3 Å². The zero-order chi connectivity index (χ0) is 14.5. The Balaban J connectivity index is 2.04. The molecule has 4 heteroatoms. The summed E-state index contributed by atoms with van der Waals surface area (Å²) in [7, 11) is 3.94. The highest BCUT2D eigenvalue weighted by molar-refractivity contribution is 6.32. The van der Waals surface area contributed by atoms with Crippen molar-refractivity contribution in [1.82, 2.24) is 0 Å². The Morgan fingerprint density at radius 1 is 1.05 bits per heavy atom. The van der Waals surface area contributed by atoms with Crippen LogP contribution < -0.4 is 10.2 Å². The van der Waals surface area contributed by atoms with Gasteiger partial charge in [-0.1, -0.05) is 30.3 Å². The summed E-state index contributed by atoms with van der Waals surface area (Å²) in [5.74, 6) is -0.226. The molecule has 2 aromatic carbocycles. The van der Waals surface area contributed by atoms with Crippen LogP contribution >= 0.6 is 11.6 Å². The molecule has 0 saturated carbocycles. The number of amides is 1. The lowest BCUT2D eigenvalue weighted by Crippen LogP contribution is -2.17. The Bertz CT molecular complexity index is 567. The van der Waals surface area contributed by atoms with Gasteiger partial charge in [0, 0.05) is 25.5 Å². The van der Waals surface area contributed by atoms with Crippen molar-refractivity contribution in [3.63, 3.8) is 0 Å². The number of hydrogen-bond acceptors (Lipinski definition) is 2. The van der Waals surface area contributed by atoms with E-state index in [0.717, 1.165) is 16.9 Å². The van der Waals surface area contributed by atoms with Crippen molar-refractivity contribution in [1.29, 1.82) is 0 Å². The van der Waals surface area contributed by atoms with Crippen molar-refractivity contribution in [3.8, 4) is 0 Å². The van der Waals surface area contributed by atoms with Crippen molar-refractivity contribution >= 4 is 28.9 Å². The topological polar surface area (TPSA) is 32.3 Å². The first-order chi connectivity index (χ1) is 9.58. The third-order valence-corrected chi connectivity index (χ3v) is 3.42. The molecule has 2 rings (SSSR count). The van der Waals surface area contributed by atoms with Gasteiger partial charge in [-0.25, -0.2) is 0 Å². The smallest absolute Gasteiger partial charge is 0.246 e. The molecule has 0 bridgehead atoms. The molecule has 1 amide bonds. The molecule has 0 radical (unpaired) electrons. The second kappa shape index (κ2) is 6.44. The highest BCUT2D eigenvalue weighted by Crippen LogP contribution is 2.23. The molecule has 2 aromatic rings. The normalized spacial score (nSPS) is 11.8. The van der Waals surface area contributed by atoms with Crippen LogP contribution in [0.3, 0.4) is 0 Å². The third kappa shape index (κ3) is 3.52. The standard InChI is InChI=1S/C16H17ClN2O/c1-19(2)14-10-8-13(9-11-14)18-16(20)15(17)12-6-4-3-5-7-12/h3-11,15H,1-2H3,(H,18,20). The quantitative estimate of drug-likeness (QED) is 0.871. The minimum Gasteiger partial charge on any atom is -0.378 e. The van der Waals surface area contributed by atoms with Gasteiger partial charge in [-0.15, -0.1) is 11.6 Å². The molecule has 1 atom stereocenters. The number of hydrogen-bond donors (Lipinski definition) is 1. The lowest BCUT2D eigenvalue weighted by atomic mass is 10.1. The summed E-state index contributed by atoms with van der Waals surface area (Å²) in [5.41, 5.74) is 2.60. The van der Waals surface area contributed by atoms with Crippen LogP contribution in [0, 0.1) is 0 Å². The number of rotatable bonds is 4. The van der Waals surface area contributed by atoms with Gasteiger partial charge >= 0.3 is 0 Å². The average molecular weight is 289 g/mol. The van der Waals surface area contributed by atoms with E-state index in [1.807, 2.05) is 73.6 Å². The predicted octanol–water partition coefficient (Wildman–Crippen LogP) is 3.67. The fourth-order valence-electron chi connectivity index (χ4n) is 1.82. The van der Waals surface area contributed by atoms with Gasteiger partial charge in [-0.05, 0) is 29.8 Å². The molecule has 0 aliphatic heterocycles. The Morgan fingerprint density at radius 2 is 1.65 bits per heavy atom. The highest BCUT2D eigenvalue weighted by Gasteiger charge is 2.17. The number of anilines is 2. The van der Waals surface area contributed by atoms with Crippen LogP contribution in [-0.4, -0.2) is 20.0 Å². The fourth-order valence-corrected chi connectivity index (χ4v) is 2.02. The molecule has 1 N–H and O–H groups in total. The van der Waals surface area contributed by atoms with Crippen molar-refractivity contribution in [2.24, 2.45) is 0 Å². The lowest BCUT2D eigenvalue weighted by Gasteiger charge is -2.14. The molecule has 0 aliphatic carbocycles. The van der Waals surface area contributed by atoms with Crippen LogP contribution in [-0.2, 0) is 4.79 Å². The van der Waals surface area contributed by atoms with Crippen LogP contribution in [0.2, 0.25) is 0 Å². The Morgan fingerprint density at radius 3 is 2.20 bits per heavy atom. The Hall–Kier alpha value is -2.00. The molecule has 0 spiro atoms. The van der Waals surface area contributed by atoms with Gasteiger partial charge in [0.2, 0.25) is 5.91 Å². The largest absolute Gasteiger partial charge is 0.378 e. The molecule has 0 aromatic heterocycles. The number of benzene rings is 2. The Kier molecular flexibility index (Phi) is 4.64. The van der Waals surface area contributed by atoms with Crippen molar-refractivity contribution in [3.05, 3.63) is 60.2 Å². The maximum absolute atomic E-state index is 12.1. The van der Waals surface area contributed by atoms with E-state index in [-0.39, 0.29) is 5.91 Å². The number of alkyl halides is 1. The van der Waals surface area contributed by atoms with Crippen molar-refractivity contribution in [2.45, 2.75) is 5.38 Å². The fraction of sp³-hybridized carbons (Fsp3) is 0.188. The maximum atomic E-state index is 12.1. The highest BCUT2D eigenvalue weighted by atomic mass is 35.5. The van der Waals surface area contributed by atoms with E-state index >= 15 is 0 Å². The Labute approximate surface area is 124 Å². The second-order valence-corrected chi connectivity index (χ2v) is 5.14. The summed E-state index contributed by atoms with van der Waals surface area (Å²) in [6.07, 6.45) is 0. The van der Waals surface area contributed by atoms with Gasteiger partial charge in [0.1, 0.15) is 5.38 Å². The van der Waals surface area contributed by atoms with Gasteiger partial charge in [0.25, 0.3) is 0 Å². The molecule has 1 unspecified atom stereocenters. The molecule has 0 saturated heterocycles. The summed E-state index contributed by atoms with van der Waals surface area (Å²) in [5, 5.41) is 2.13. The van der Waals surface area contributed by atoms with Gasteiger partial charge < -0.3 is 10.2 Å². The minimum absolute atomic E-state index is 0.226. The first-order valence-corrected chi connectivity index (χ1v) is 6.79. The van der Waals surface area contributed by atoms with Gasteiger partial charge in [-0.2, -0.15) is 0 Å². The second-order valence-electron chi connectivity index (χ2n) is 4.70. The number of halogens is 1. The van der Waals surface area contributed by atoms with Gasteiger partial charge in [0.15, 0.2) is 0 Å². The van der Waals surface area contributed by atoms with Gasteiger partial charge in [-0.3, -0.25) is 4.79 Å². The molecule has 3 nitrogen and oxygen atoms in total. The van der Waals surface area contributed by atoms with E-state index < -0.39 is 5.38 Å². The summed E-state index contributed by atoms with van der Waals surface area (Å²) in [4.78, 5) is 14.1.